The van der Waals surface area contributed by atoms with Crippen molar-refractivity contribution in [1.29, 1.82) is 0 Å². The number of benzene rings is 3. The molecule has 19 heteroatoms. The van der Waals surface area contributed by atoms with Gasteiger partial charge in [-0.1, -0.05) is 178 Å². The van der Waals surface area contributed by atoms with E-state index in [9.17, 15) is 9.59 Å². The first-order valence-corrected chi connectivity index (χ1v) is 47.7. The van der Waals surface area contributed by atoms with Crippen LogP contribution >= 0.6 is 0 Å². The Bertz CT molecular complexity index is 2950. The molecule has 0 aromatic heterocycles. The summed E-state index contributed by atoms with van der Waals surface area (Å²) >= 11 is 0. The number of esters is 1. The van der Waals surface area contributed by atoms with Crippen LogP contribution in [-0.4, -0.2) is 133 Å². The van der Waals surface area contributed by atoms with Crippen LogP contribution in [0.15, 0.2) is 91.0 Å². The molecule has 15 nitrogen and oxygen atoms in total. The summed E-state index contributed by atoms with van der Waals surface area (Å²) in [7, 11) is -4.65. The summed E-state index contributed by atoms with van der Waals surface area (Å²) < 4.78 is 80.6. The minimum absolute atomic E-state index is 0.0116. The highest BCUT2D eigenvalue weighted by Crippen LogP contribution is 2.47. The van der Waals surface area contributed by atoms with E-state index in [0.29, 0.717) is 45.1 Å². The van der Waals surface area contributed by atoms with Gasteiger partial charge in [-0.05, 0) is 146 Å². The zero-order valence-electron chi connectivity index (χ0n) is 65.6. The summed E-state index contributed by atoms with van der Waals surface area (Å²) in [4.78, 5) is 44.5. The fraction of sp³-hybridized carbons (Fsp3) is 0.709. The van der Waals surface area contributed by atoms with Crippen molar-refractivity contribution < 1.29 is 70.0 Å². The summed E-state index contributed by atoms with van der Waals surface area (Å²) in [6.45, 7) is 51.1. The lowest BCUT2D eigenvalue weighted by molar-refractivity contribution is -0.285. The first-order valence-electron chi connectivity index (χ1n) is 36.5. The van der Waals surface area contributed by atoms with Crippen LogP contribution in [0.2, 0.25) is 72.5 Å². The van der Waals surface area contributed by atoms with Crippen LogP contribution in [0.3, 0.4) is 0 Å². The number of Topliss-reactive ketones (excluding diaryl/α,β-unsaturated/α-hetero) is 2. The zero-order valence-corrected chi connectivity index (χ0v) is 69.6. The topological polar surface area (TPSA) is 162 Å². The van der Waals surface area contributed by atoms with E-state index < -0.39 is 80.4 Å². The molecule has 0 spiro atoms. The van der Waals surface area contributed by atoms with Crippen molar-refractivity contribution in [3.8, 4) is 11.5 Å². The first-order chi connectivity index (χ1) is 45.4. The third-order valence-electron chi connectivity index (χ3n) is 22.7. The van der Waals surface area contributed by atoms with Gasteiger partial charge in [-0.3, -0.25) is 14.4 Å². The number of carbonyl (C=O) groups is 3. The standard InChI is InChI=1S/C79H132O15Si4/c1-27-98(28-2,29-3)93-67(49-68(92-96(23,24)75(8,9)10)53-73(82)88-56-58-33-31-30-32-34-58)52-72(87-55-60-37-41-62(84-19)42-38-60)78(16,17)71(81)51-65-48-66(91-95(21,22)74(5,6)7)47-63(89-65)45-46-77(14,15)79(85-20)70(80)44-43-64(90-79)50-69(94-97(25,26)76(11,12)13)57(4)86-54-59-35-39-61(83-18)40-36-59/h30-42,45-46,57,63-69,72H,27-29,43-44,47-56H2,1-26H3/b46-45+/t57-,63+,64+,65+,66-,67-,68-,69-,72+,79-/m1/s1. The SMILES string of the molecule is CC[Si](CC)(CC)O[C@H](C[C@H](CC(=O)OCc1ccccc1)O[Si](C)(C)C(C)(C)C)C[C@H](OCc1ccc(OC)cc1)C(C)(C)C(=O)C[C@@H]1C[C@H](O[Si](C)(C)C(C)(C)C)C[C@H](/C=C/C(C)(C)[C@]2(OC)O[C@H](C[C@@H](O[Si](C)(C)C(C)(C)C)[C@@H](C)OCc3ccc(OC)cc3)CCC2=O)O1. The Kier molecular flexibility index (Phi) is 30.9. The van der Waals surface area contributed by atoms with E-state index >= 15 is 4.79 Å². The maximum Gasteiger partial charge on any atom is 0.308 e. The van der Waals surface area contributed by atoms with E-state index in [0.717, 1.165) is 46.3 Å². The normalized spacial score (nSPS) is 21.3. The summed E-state index contributed by atoms with van der Waals surface area (Å²) in [5, 5.41) is -0.302. The van der Waals surface area contributed by atoms with E-state index in [-0.39, 0.29) is 89.5 Å². The van der Waals surface area contributed by atoms with Crippen molar-refractivity contribution in [2.24, 2.45) is 10.8 Å². The zero-order chi connectivity index (χ0) is 73.5. The molecule has 0 N–H and O–H groups in total. The third kappa shape index (κ3) is 23.4. The Labute approximate surface area is 597 Å². The molecule has 0 saturated carbocycles. The van der Waals surface area contributed by atoms with Gasteiger partial charge in [-0.2, -0.15) is 0 Å². The van der Waals surface area contributed by atoms with Gasteiger partial charge in [0.2, 0.25) is 5.79 Å². The number of ether oxygens (including phenoxy) is 8. The fourth-order valence-corrected chi connectivity index (χ4v) is 19.5. The van der Waals surface area contributed by atoms with Gasteiger partial charge < -0.3 is 55.6 Å². The van der Waals surface area contributed by atoms with Gasteiger partial charge >= 0.3 is 5.97 Å². The van der Waals surface area contributed by atoms with Crippen molar-refractivity contribution in [3.63, 3.8) is 0 Å². The molecule has 2 aliphatic heterocycles. The molecule has 3 aromatic rings. The average Bonchev–Trinajstić information content (AvgIpc) is 0.755. The van der Waals surface area contributed by atoms with Crippen LogP contribution in [0.5, 0.6) is 11.5 Å². The molecule has 3 aromatic carbocycles. The summed E-state index contributed by atoms with van der Waals surface area (Å²) in [5.41, 5.74) is 0.797. The van der Waals surface area contributed by atoms with E-state index in [1.54, 1.807) is 21.3 Å². The van der Waals surface area contributed by atoms with E-state index in [2.05, 4.69) is 129 Å². The molecule has 2 fully saturated rings. The number of rotatable bonds is 38. The highest BCUT2D eigenvalue weighted by molar-refractivity contribution is 6.75. The van der Waals surface area contributed by atoms with Gasteiger partial charge in [0.25, 0.3) is 0 Å². The highest BCUT2D eigenvalue weighted by Gasteiger charge is 2.56. The fourth-order valence-electron chi connectivity index (χ4n) is 12.5. The number of methoxy groups -OCH3 is 3. The summed E-state index contributed by atoms with van der Waals surface area (Å²) in [6.07, 6.45) is 3.44. The Morgan fingerprint density at radius 2 is 1.14 bits per heavy atom. The van der Waals surface area contributed by atoms with Crippen LogP contribution < -0.4 is 9.47 Å². The second-order valence-electron chi connectivity index (χ2n) is 33.7. The average molecular weight is 1430 g/mol. The number of hydrogen-bond donors (Lipinski definition) is 0. The van der Waals surface area contributed by atoms with Gasteiger partial charge in [0.05, 0.1) is 82.7 Å². The maximum atomic E-state index is 15.8. The van der Waals surface area contributed by atoms with Crippen molar-refractivity contribution in [3.05, 3.63) is 108 Å². The molecule has 0 bridgehead atoms. The molecular formula is C79H132O15Si4. The Balaban J connectivity index is 1.51. The van der Waals surface area contributed by atoms with Crippen molar-refractivity contribution in [2.75, 3.05) is 21.3 Å². The molecule has 98 heavy (non-hydrogen) atoms. The van der Waals surface area contributed by atoms with E-state index in [4.69, 9.17) is 55.6 Å². The van der Waals surface area contributed by atoms with E-state index in [1.807, 2.05) is 119 Å². The van der Waals surface area contributed by atoms with Gasteiger partial charge in [0.1, 0.15) is 23.9 Å². The first kappa shape index (κ1) is 85.0. The predicted molar refractivity (Wildman–Crippen MR) is 405 cm³/mol. The Morgan fingerprint density at radius 3 is 1.65 bits per heavy atom. The van der Waals surface area contributed by atoms with Crippen LogP contribution in [0, 0.1) is 10.8 Å². The Morgan fingerprint density at radius 1 is 0.622 bits per heavy atom. The van der Waals surface area contributed by atoms with Crippen LogP contribution in [0.4, 0.5) is 0 Å². The highest BCUT2D eigenvalue weighted by atomic mass is 28.4. The lowest BCUT2D eigenvalue weighted by Crippen LogP contribution is -2.59. The molecular weight excluding hydrogens is 1300 g/mol. The molecule has 0 radical (unpaired) electrons. The van der Waals surface area contributed by atoms with Crippen LogP contribution in [0.25, 0.3) is 0 Å². The molecule has 554 valence electrons. The third-order valence-corrected chi connectivity index (χ3v) is 40.9. The second-order valence-corrected chi connectivity index (χ2v) is 52.7. The minimum atomic E-state index is -2.48. The monoisotopic (exact) mass is 1430 g/mol. The van der Waals surface area contributed by atoms with Gasteiger partial charge in [0, 0.05) is 49.7 Å². The van der Waals surface area contributed by atoms with Crippen LogP contribution in [-0.2, 0) is 80.3 Å². The maximum absolute atomic E-state index is 15.8. The molecule has 5 rings (SSSR count). The number of hydrogen-bond acceptors (Lipinski definition) is 15. The largest absolute Gasteiger partial charge is 0.497 e. The lowest BCUT2D eigenvalue weighted by atomic mass is 9.76. The molecule has 2 aliphatic rings. The quantitative estimate of drug-likeness (QED) is 0.0302. The molecule has 0 amide bonds. The molecule has 2 heterocycles. The number of ketones is 2. The van der Waals surface area contributed by atoms with Crippen molar-refractivity contribution in [2.45, 2.75) is 329 Å². The minimum Gasteiger partial charge on any atom is -0.497 e. The molecule has 0 aliphatic carbocycles. The summed E-state index contributed by atoms with van der Waals surface area (Å²) in [6, 6.07) is 28.2. The van der Waals surface area contributed by atoms with Gasteiger partial charge in [-0.25, -0.2) is 0 Å². The predicted octanol–water partition coefficient (Wildman–Crippen LogP) is 19.3. The van der Waals surface area contributed by atoms with Crippen LogP contribution in [0.1, 0.15) is 192 Å². The molecule has 2 saturated heterocycles. The molecule has 10 atom stereocenters. The lowest BCUT2D eigenvalue weighted by Gasteiger charge is -2.48. The van der Waals surface area contributed by atoms with Crippen molar-refractivity contribution >= 4 is 50.8 Å². The van der Waals surface area contributed by atoms with Gasteiger partial charge in [-0.15, -0.1) is 0 Å². The number of carbonyl (C=O) groups excluding carboxylic acids is 3. The van der Waals surface area contributed by atoms with E-state index in [1.165, 1.54) is 0 Å². The second kappa shape index (κ2) is 35.7. The van der Waals surface area contributed by atoms with Crippen molar-refractivity contribution in [1.82, 2.24) is 0 Å². The smallest absolute Gasteiger partial charge is 0.308 e. The molecule has 0 unspecified atom stereocenters. The van der Waals surface area contributed by atoms with Gasteiger partial charge in [0.15, 0.2) is 39.1 Å². The summed E-state index contributed by atoms with van der Waals surface area (Å²) in [5.74, 6) is -0.594. The Hall–Kier alpha value is -3.68.